The predicted molar refractivity (Wildman–Crippen MR) is 90.9 cm³/mol. The summed E-state index contributed by atoms with van der Waals surface area (Å²) in [6, 6.07) is 12.6. The van der Waals surface area contributed by atoms with E-state index in [0.29, 0.717) is 0 Å². The maximum absolute atomic E-state index is 6.15. The minimum Gasteiger partial charge on any atom is -0.397 e. The Kier molecular flexibility index (Phi) is 4.80. The fraction of sp³-hybridized carbons (Fsp3) is 0.444. The molecule has 118 valence electrons. The van der Waals surface area contributed by atoms with E-state index in [4.69, 9.17) is 10.5 Å². The number of benzene rings is 1. The van der Waals surface area contributed by atoms with Crippen molar-refractivity contribution in [2.75, 3.05) is 38.6 Å². The van der Waals surface area contributed by atoms with E-state index >= 15 is 0 Å². The molecule has 0 atom stereocenters. The van der Waals surface area contributed by atoms with Gasteiger partial charge in [-0.2, -0.15) is 0 Å². The number of aromatic nitrogens is 1. The summed E-state index contributed by atoms with van der Waals surface area (Å²) in [5, 5.41) is 0. The first-order valence-corrected chi connectivity index (χ1v) is 8.07. The zero-order chi connectivity index (χ0) is 15.4. The van der Waals surface area contributed by atoms with Gasteiger partial charge in [-0.25, -0.2) is 0 Å². The van der Waals surface area contributed by atoms with Crippen molar-refractivity contribution in [1.82, 2.24) is 9.47 Å². The molecule has 0 spiro atoms. The number of nitrogens with two attached hydrogens (primary N) is 1. The maximum atomic E-state index is 6.15. The maximum Gasteiger partial charge on any atom is 0.0594 e. The molecular formula is C18H25N3O. The summed E-state index contributed by atoms with van der Waals surface area (Å²) >= 11 is 0. The number of ether oxygens (including phenoxy) is 1. The van der Waals surface area contributed by atoms with E-state index in [0.717, 1.165) is 51.5 Å². The Morgan fingerprint density at radius 3 is 2.55 bits per heavy atom. The van der Waals surface area contributed by atoms with Gasteiger partial charge < -0.3 is 15.0 Å². The Morgan fingerprint density at radius 2 is 1.82 bits per heavy atom. The lowest BCUT2D eigenvalue weighted by Gasteiger charge is -2.26. The van der Waals surface area contributed by atoms with Gasteiger partial charge in [-0.05, 0) is 25.0 Å². The summed E-state index contributed by atoms with van der Waals surface area (Å²) in [6.45, 7) is 8.07. The van der Waals surface area contributed by atoms with Gasteiger partial charge >= 0.3 is 0 Å². The molecule has 0 saturated carbocycles. The molecule has 22 heavy (non-hydrogen) atoms. The lowest BCUT2D eigenvalue weighted by molar-refractivity contribution is 0.0369. The average Bonchev–Trinajstić information content (AvgIpc) is 2.85. The van der Waals surface area contributed by atoms with Gasteiger partial charge in [0.15, 0.2) is 0 Å². The van der Waals surface area contributed by atoms with Crippen LogP contribution in [0.4, 0.5) is 5.69 Å². The molecule has 4 nitrogen and oxygen atoms in total. The Bertz CT molecular complexity index is 600. The molecule has 0 aliphatic carbocycles. The van der Waals surface area contributed by atoms with Crippen molar-refractivity contribution in [3.8, 4) is 11.3 Å². The van der Waals surface area contributed by atoms with Gasteiger partial charge in [-0.1, -0.05) is 30.3 Å². The second-order valence-corrected chi connectivity index (χ2v) is 5.90. The first-order chi connectivity index (χ1) is 10.8. The Morgan fingerprint density at radius 1 is 1.09 bits per heavy atom. The molecule has 2 heterocycles. The normalized spacial score (nSPS) is 16.0. The number of morpholine rings is 1. The van der Waals surface area contributed by atoms with Gasteiger partial charge in [-0.15, -0.1) is 0 Å². The fourth-order valence-corrected chi connectivity index (χ4v) is 3.08. The molecule has 1 saturated heterocycles. The first-order valence-electron chi connectivity index (χ1n) is 8.07. The number of hydrogen-bond acceptors (Lipinski definition) is 3. The number of anilines is 1. The van der Waals surface area contributed by atoms with Crippen LogP contribution in [0.5, 0.6) is 0 Å². The highest BCUT2D eigenvalue weighted by Gasteiger charge is 2.13. The van der Waals surface area contributed by atoms with E-state index in [1.54, 1.807) is 0 Å². The summed E-state index contributed by atoms with van der Waals surface area (Å²) < 4.78 is 7.75. The van der Waals surface area contributed by atoms with E-state index < -0.39 is 0 Å². The van der Waals surface area contributed by atoms with E-state index in [-0.39, 0.29) is 0 Å². The minimum atomic E-state index is 0.866. The second-order valence-electron chi connectivity index (χ2n) is 5.90. The van der Waals surface area contributed by atoms with Gasteiger partial charge in [0.25, 0.3) is 0 Å². The molecule has 1 aromatic carbocycles. The van der Waals surface area contributed by atoms with Crippen LogP contribution in [0.2, 0.25) is 0 Å². The lowest BCUT2D eigenvalue weighted by Crippen LogP contribution is -2.37. The van der Waals surface area contributed by atoms with E-state index in [2.05, 4.69) is 46.7 Å². The molecule has 2 aromatic rings. The van der Waals surface area contributed by atoms with Crippen LogP contribution in [0.25, 0.3) is 11.3 Å². The van der Waals surface area contributed by atoms with Crippen LogP contribution in [0.15, 0.2) is 36.4 Å². The van der Waals surface area contributed by atoms with Crippen LogP contribution in [0, 0.1) is 6.92 Å². The number of nitrogens with zero attached hydrogens (tertiary/aromatic N) is 2. The van der Waals surface area contributed by atoms with Crippen molar-refractivity contribution >= 4 is 5.69 Å². The number of hydrogen-bond donors (Lipinski definition) is 1. The third kappa shape index (κ3) is 3.34. The Balaban J connectivity index is 1.70. The molecule has 0 unspecified atom stereocenters. The van der Waals surface area contributed by atoms with E-state index in [9.17, 15) is 0 Å². The third-order valence-electron chi connectivity index (χ3n) is 4.43. The number of rotatable bonds is 5. The van der Waals surface area contributed by atoms with E-state index in [1.165, 1.54) is 17.0 Å². The molecule has 1 aromatic heterocycles. The Labute approximate surface area is 132 Å². The molecule has 1 fully saturated rings. The highest BCUT2D eigenvalue weighted by atomic mass is 16.5. The Hall–Kier alpha value is -1.78. The summed E-state index contributed by atoms with van der Waals surface area (Å²) in [5.41, 5.74) is 10.6. The van der Waals surface area contributed by atoms with Crippen LogP contribution in [-0.4, -0.2) is 42.3 Å². The zero-order valence-electron chi connectivity index (χ0n) is 13.3. The van der Waals surface area contributed by atoms with Crippen LogP contribution < -0.4 is 5.73 Å². The van der Waals surface area contributed by atoms with Crippen molar-refractivity contribution < 1.29 is 4.74 Å². The average molecular weight is 299 g/mol. The van der Waals surface area contributed by atoms with Gasteiger partial charge in [0.1, 0.15) is 0 Å². The molecule has 1 aliphatic rings. The highest BCUT2D eigenvalue weighted by Crippen LogP contribution is 2.27. The minimum absolute atomic E-state index is 0.866. The molecule has 2 N–H and O–H groups in total. The first kappa shape index (κ1) is 15.1. The zero-order valence-corrected chi connectivity index (χ0v) is 13.3. The molecular weight excluding hydrogens is 274 g/mol. The fourth-order valence-electron chi connectivity index (χ4n) is 3.08. The standard InChI is InChI=1S/C18H25N3O/c1-15-17(19)14-18(16-6-3-2-4-7-16)21(15)9-5-8-20-10-12-22-13-11-20/h2-4,6-7,14H,5,8-13,19H2,1H3. The van der Waals surface area contributed by atoms with Crippen LogP contribution >= 0.6 is 0 Å². The predicted octanol–water partition coefficient (Wildman–Crippen LogP) is 2.77. The molecule has 0 amide bonds. The summed E-state index contributed by atoms with van der Waals surface area (Å²) in [7, 11) is 0. The second kappa shape index (κ2) is 6.99. The molecule has 0 bridgehead atoms. The highest BCUT2D eigenvalue weighted by molar-refractivity contribution is 5.67. The van der Waals surface area contributed by atoms with Crippen LogP contribution in [-0.2, 0) is 11.3 Å². The van der Waals surface area contributed by atoms with Gasteiger partial charge in [0, 0.05) is 31.9 Å². The van der Waals surface area contributed by atoms with Crippen molar-refractivity contribution in [3.63, 3.8) is 0 Å². The van der Waals surface area contributed by atoms with Gasteiger partial charge in [-0.3, -0.25) is 4.90 Å². The monoisotopic (exact) mass is 299 g/mol. The third-order valence-corrected chi connectivity index (χ3v) is 4.43. The number of nitrogen functional groups attached to an aromatic ring is 1. The summed E-state index contributed by atoms with van der Waals surface area (Å²) in [6.07, 6.45) is 1.13. The van der Waals surface area contributed by atoms with Crippen molar-refractivity contribution in [1.29, 1.82) is 0 Å². The molecule has 4 heteroatoms. The van der Waals surface area contributed by atoms with Crippen molar-refractivity contribution in [2.24, 2.45) is 0 Å². The van der Waals surface area contributed by atoms with Crippen LogP contribution in [0.3, 0.4) is 0 Å². The van der Waals surface area contributed by atoms with Crippen molar-refractivity contribution in [3.05, 3.63) is 42.1 Å². The molecule has 3 rings (SSSR count). The quantitative estimate of drug-likeness (QED) is 0.923. The molecule has 0 radical (unpaired) electrons. The van der Waals surface area contributed by atoms with Gasteiger partial charge in [0.05, 0.1) is 24.6 Å². The topological polar surface area (TPSA) is 43.4 Å². The smallest absolute Gasteiger partial charge is 0.0594 e. The largest absolute Gasteiger partial charge is 0.397 e. The SMILES string of the molecule is Cc1c(N)cc(-c2ccccc2)n1CCCN1CCOCC1. The molecule has 1 aliphatic heterocycles. The van der Waals surface area contributed by atoms with Gasteiger partial charge in [0.2, 0.25) is 0 Å². The van der Waals surface area contributed by atoms with Crippen LogP contribution in [0.1, 0.15) is 12.1 Å². The van der Waals surface area contributed by atoms with E-state index in [1.807, 2.05) is 6.07 Å². The summed E-state index contributed by atoms with van der Waals surface area (Å²) in [4.78, 5) is 2.48. The lowest BCUT2D eigenvalue weighted by atomic mass is 10.1. The summed E-state index contributed by atoms with van der Waals surface area (Å²) in [5.74, 6) is 0. The van der Waals surface area contributed by atoms with Crippen molar-refractivity contribution in [2.45, 2.75) is 19.9 Å².